The number of hydrogen-bond acceptors (Lipinski definition) is 4. The Hall–Kier alpha value is -2.24. The molecule has 2 rings (SSSR count). The first-order valence-corrected chi connectivity index (χ1v) is 6.60. The summed E-state index contributed by atoms with van der Waals surface area (Å²) in [6.45, 7) is 2.19. The number of ether oxygens (including phenoxy) is 1. The van der Waals surface area contributed by atoms with Crippen molar-refractivity contribution in [1.82, 2.24) is 4.98 Å². The zero-order valence-corrected chi connectivity index (χ0v) is 12.0. The van der Waals surface area contributed by atoms with Crippen molar-refractivity contribution in [2.45, 2.75) is 19.6 Å². The second-order valence-corrected chi connectivity index (χ2v) is 4.69. The van der Waals surface area contributed by atoms with Crippen LogP contribution in [-0.2, 0) is 16.1 Å². The highest BCUT2D eigenvalue weighted by Gasteiger charge is 2.21. The van der Waals surface area contributed by atoms with E-state index in [2.05, 4.69) is 10.3 Å². The fourth-order valence-electron chi connectivity index (χ4n) is 2.03. The van der Waals surface area contributed by atoms with E-state index in [1.54, 1.807) is 38.4 Å². The van der Waals surface area contributed by atoms with Crippen molar-refractivity contribution in [1.29, 1.82) is 0 Å². The van der Waals surface area contributed by atoms with E-state index in [-0.39, 0.29) is 0 Å². The van der Waals surface area contributed by atoms with Crippen LogP contribution >= 0.6 is 0 Å². The molecule has 0 radical (unpaired) electrons. The maximum Gasteiger partial charge on any atom is 0.259 e. The smallest absolute Gasteiger partial charge is 0.259 e. The average Bonchev–Trinajstić information content (AvgIpc) is 2.49. The predicted octanol–water partition coefficient (Wildman–Crippen LogP) is 2.21. The molecule has 21 heavy (non-hydrogen) atoms. The summed E-state index contributed by atoms with van der Waals surface area (Å²) >= 11 is 0. The average molecular weight is 286 g/mol. The van der Waals surface area contributed by atoms with Crippen LogP contribution in [0.5, 0.6) is 0 Å². The minimum Gasteiger partial charge on any atom is -0.380 e. The maximum absolute atomic E-state index is 12.2. The Kier molecular flexibility index (Phi) is 5.03. The fourth-order valence-corrected chi connectivity index (χ4v) is 2.03. The number of methoxy groups -OCH3 is 1. The van der Waals surface area contributed by atoms with Crippen LogP contribution in [0.1, 0.15) is 22.9 Å². The summed E-state index contributed by atoms with van der Waals surface area (Å²) in [5.74, 6) is -0.514. The standard InChI is InChI=1S/C16H18N2O3/c1-11-6-5-9-17-14(11)15(19)16(20)18-13-8-4-3-7-12(13)10-21-2/h3-9,15,19H,10H2,1-2H3,(H,18,20)/t15-/m1/s1. The number of aliphatic hydroxyl groups excluding tert-OH is 1. The SMILES string of the molecule is COCc1ccccc1NC(=O)[C@H](O)c1ncccc1C. The Balaban J connectivity index is 2.17. The number of amides is 1. The van der Waals surface area contributed by atoms with Crippen molar-refractivity contribution < 1.29 is 14.6 Å². The van der Waals surface area contributed by atoms with Crippen molar-refractivity contribution in [3.63, 3.8) is 0 Å². The molecule has 0 aliphatic rings. The number of benzene rings is 1. The van der Waals surface area contributed by atoms with Crippen LogP contribution < -0.4 is 5.32 Å². The number of pyridine rings is 1. The van der Waals surface area contributed by atoms with Gasteiger partial charge in [0.2, 0.25) is 0 Å². The molecule has 0 saturated heterocycles. The first-order valence-electron chi connectivity index (χ1n) is 6.60. The first-order chi connectivity index (χ1) is 10.1. The van der Waals surface area contributed by atoms with E-state index in [9.17, 15) is 9.90 Å². The molecule has 1 aromatic heterocycles. The molecule has 5 nitrogen and oxygen atoms in total. The fraction of sp³-hybridized carbons (Fsp3) is 0.250. The van der Waals surface area contributed by atoms with Gasteiger partial charge >= 0.3 is 0 Å². The highest BCUT2D eigenvalue weighted by molar-refractivity contribution is 5.95. The van der Waals surface area contributed by atoms with Crippen LogP contribution in [0.15, 0.2) is 42.6 Å². The number of para-hydroxylation sites is 1. The van der Waals surface area contributed by atoms with Gasteiger partial charge in [0.25, 0.3) is 5.91 Å². The van der Waals surface area contributed by atoms with Crippen LogP contribution in [0.25, 0.3) is 0 Å². The van der Waals surface area contributed by atoms with E-state index in [4.69, 9.17) is 4.74 Å². The summed E-state index contributed by atoms with van der Waals surface area (Å²) in [6, 6.07) is 10.9. The van der Waals surface area contributed by atoms with Crippen LogP contribution in [-0.4, -0.2) is 23.1 Å². The van der Waals surface area contributed by atoms with Crippen molar-refractivity contribution in [2.75, 3.05) is 12.4 Å². The van der Waals surface area contributed by atoms with Crippen LogP contribution in [0, 0.1) is 6.92 Å². The number of aromatic nitrogens is 1. The summed E-state index contributed by atoms with van der Waals surface area (Å²) in [7, 11) is 1.59. The number of nitrogens with one attached hydrogen (secondary N) is 1. The molecule has 110 valence electrons. The highest BCUT2D eigenvalue weighted by atomic mass is 16.5. The molecule has 0 saturated carbocycles. The minimum atomic E-state index is -1.30. The maximum atomic E-state index is 12.2. The van der Waals surface area contributed by atoms with Gasteiger partial charge in [0.05, 0.1) is 12.3 Å². The van der Waals surface area contributed by atoms with E-state index in [1.807, 2.05) is 18.2 Å². The number of aryl methyl sites for hydroxylation is 1. The summed E-state index contributed by atoms with van der Waals surface area (Å²) in [6.07, 6.45) is 0.249. The van der Waals surface area contributed by atoms with Gasteiger partial charge in [-0.2, -0.15) is 0 Å². The molecule has 0 aliphatic heterocycles. The number of carbonyl (C=O) groups is 1. The van der Waals surface area contributed by atoms with Gasteiger partial charge in [-0.1, -0.05) is 24.3 Å². The molecular weight excluding hydrogens is 268 g/mol. The Bertz CT molecular complexity index is 628. The van der Waals surface area contributed by atoms with Gasteiger partial charge in [0.15, 0.2) is 6.10 Å². The van der Waals surface area contributed by atoms with E-state index in [0.29, 0.717) is 18.0 Å². The third-order valence-corrected chi connectivity index (χ3v) is 3.13. The zero-order chi connectivity index (χ0) is 15.2. The lowest BCUT2D eigenvalue weighted by Gasteiger charge is -2.15. The van der Waals surface area contributed by atoms with Gasteiger partial charge in [-0.25, -0.2) is 0 Å². The van der Waals surface area contributed by atoms with Gasteiger partial charge in [-0.3, -0.25) is 9.78 Å². The number of carbonyl (C=O) groups excluding carboxylic acids is 1. The van der Waals surface area contributed by atoms with Gasteiger partial charge in [-0.05, 0) is 24.6 Å². The Morgan fingerprint density at radius 3 is 2.81 bits per heavy atom. The number of anilines is 1. The van der Waals surface area contributed by atoms with Gasteiger partial charge < -0.3 is 15.2 Å². The normalized spacial score (nSPS) is 12.0. The molecule has 0 bridgehead atoms. The van der Waals surface area contributed by atoms with Gasteiger partial charge in [0, 0.05) is 24.6 Å². The summed E-state index contributed by atoms with van der Waals surface area (Å²) in [5.41, 5.74) is 2.60. The Morgan fingerprint density at radius 2 is 2.10 bits per heavy atom. The van der Waals surface area contributed by atoms with E-state index >= 15 is 0 Å². The number of aliphatic hydroxyl groups is 1. The molecule has 1 amide bonds. The molecule has 5 heteroatoms. The summed E-state index contributed by atoms with van der Waals surface area (Å²) in [4.78, 5) is 16.2. The summed E-state index contributed by atoms with van der Waals surface area (Å²) in [5, 5.41) is 12.9. The van der Waals surface area contributed by atoms with E-state index < -0.39 is 12.0 Å². The lowest BCUT2D eigenvalue weighted by Crippen LogP contribution is -2.23. The lowest BCUT2D eigenvalue weighted by atomic mass is 10.1. The van der Waals surface area contributed by atoms with Crippen molar-refractivity contribution >= 4 is 11.6 Å². The number of nitrogens with zero attached hydrogens (tertiary/aromatic N) is 1. The first kappa shape index (κ1) is 15.2. The molecule has 0 spiro atoms. The molecule has 1 atom stereocenters. The lowest BCUT2D eigenvalue weighted by molar-refractivity contribution is -0.124. The van der Waals surface area contributed by atoms with Gasteiger partial charge in [0.1, 0.15) is 0 Å². The highest BCUT2D eigenvalue weighted by Crippen LogP contribution is 2.20. The van der Waals surface area contributed by atoms with Crippen LogP contribution in [0.2, 0.25) is 0 Å². The Labute approximate surface area is 123 Å². The molecule has 0 fully saturated rings. The van der Waals surface area contributed by atoms with E-state index in [1.165, 1.54) is 0 Å². The van der Waals surface area contributed by atoms with Crippen molar-refractivity contribution in [3.8, 4) is 0 Å². The molecule has 0 unspecified atom stereocenters. The monoisotopic (exact) mass is 286 g/mol. The number of rotatable bonds is 5. The van der Waals surface area contributed by atoms with Crippen LogP contribution in [0.3, 0.4) is 0 Å². The second kappa shape index (κ2) is 6.97. The van der Waals surface area contributed by atoms with Crippen molar-refractivity contribution in [3.05, 3.63) is 59.4 Å². The summed E-state index contributed by atoms with van der Waals surface area (Å²) < 4.78 is 5.09. The number of hydrogen-bond donors (Lipinski definition) is 2. The second-order valence-electron chi connectivity index (χ2n) is 4.69. The third kappa shape index (κ3) is 3.65. The van der Waals surface area contributed by atoms with Crippen molar-refractivity contribution in [2.24, 2.45) is 0 Å². The molecule has 2 aromatic rings. The third-order valence-electron chi connectivity index (χ3n) is 3.13. The predicted molar refractivity (Wildman–Crippen MR) is 79.7 cm³/mol. The van der Waals surface area contributed by atoms with E-state index in [0.717, 1.165) is 11.1 Å². The molecule has 1 heterocycles. The minimum absolute atomic E-state index is 0.360. The molecule has 2 N–H and O–H groups in total. The molecule has 1 aromatic carbocycles. The molecule has 0 aliphatic carbocycles. The quantitative estimate of drug-likeness (QED) is 0.884. The topological polar surface area (TPSA) is 71.5 Å². The largest absolute Gasteiger partial charge is 0.380 e. The Morgan fingerprint density at radius 1 is 1.33 bits per heavy atom. The molecular formula is C16H18N2O3. The van der Waals surface area contributed by atoms with Gasteiger partial charge in [-0.15, -0.1) is 0 Å². The zero-order valence-electron chi connectivity index (χ0n) is 12.0. The van der Waals surface area contributed by atoms with Crippen LogP contribution in [0.4, 0.5) is 5.69 Å².